The fourth-order valence-corrected chi connectivity index (χ4v) is 4.05. The van der Waals surface area contributed by atoms with Gasteiger partial charge in [0.05, 0.1) is 5.56 Å². The number of thiophene rings is 1. The highest BCUT2D eigenvalue weighted by Gasteiger charge is 2.20. The van der Waals surface area contributed by atoms with Crippen molar-refractivity contribution < 1.29 is 23.5 Å². The highest BCUT2D eigenvalue weighted by atomic mass is 32.1. The average molecular weight is 497 g/mol. The summed E-state index contributed by atoms with van der Waals surface area (Å²) in [5, 5.41) is 18.5. The predicted octanol–water partition coefficient (Wildman–Crippen LogP) is 3.92. The van der Waals surface area contributed by atoms with E-state index in [-0.39, 0.29) is 18.1 Å². The second kappa shape index (κ2) is 11.9. The Morgan fingerprint density at radius 3 is 2.57 bits per heavy atom. The van der Waals surface area contributed by atoms with Gasteiger partial charge in [0.2, 0.25) is 0 Å². The van der Waals surface area contributed by atoms with E-state index in [1.54, 1.807) is 40.5 Å². The first-order valence-electron chi connectivity index (χ1n) is 10.9. The number of ether oxygens (including phenoxy) is 1. The quantitative estimate of drug-likeness (QED) is 0.326. The molecule has 2 amide bonds. The van der Waals surface area contributed by atoms with E-state index in [4.69, 9.17) is 4.74 Å². The summed E-state index contributed by atoms with van der Waals surface area (Å²) in [6.07, 6.45) is 0.410. The zero-order valence-electron chi connectivity index (χ0n) is 19.4. The van der Waals surface area contributed by atoms with Gasteiger partial charge in [0, 0.05) is 36.1 Å². The number of anilines is 1. The maximum absolute atomic E-state index is 13.3. The number of esters is 1. The van der Waals surface area contributed by atoms with Gasteiger partial charge < -0.3 is 19.9 Å². The summed E-state index contributed by atoms with van der Waals surface area (Å²) in [5.41, 5.74) is 3.17. The number of hydrogen-bond acceptors (Lipinski definition) is 6. The van der Waals surface area contributed by atoms with Gasteiger partial charge in [-0.1, -0.05) is 12.1 Å². The number of hydrogen-bond donors (Lipinski definition) is 2. The third-order valence-corrected chi connectivity index (χ3v) is 6.13. The van der Waals surface area contributed by atoms with Crippen molar-refractivity contribution in [3.63, 3.8) is 0 Å². The number of aromatic nitrogens is 1. The Balaban J connectivity index is 1.52. The zero-order valence-corrected chi connectivity index (χ0v) is 20.2. The lowest BCUT2D eigenvalue weighted by atomic mass is 10.2. The number of benzene rings is 1. The molecule has 0 saturated heterocycles. The van der Waals surface area contributed by atoms with Crippen LogP contribution in [0.25, 0.3) is 0 Å². The predicted molar refractivity (Wildman–Crippen MR) is 130 cm³/mol. The molecule has 8 nitrogen and oxygen atoms in total. The minimum atomic E-state index is -0.585. The SMILES string of the molecule is Cc1c(C#N)c(NC(=O)COC(=O)CCCNC(=O)c2ccsc2)n(Cc2ccc(F)cc2)c1C. The number of nitriles is 1. The van der Waals surface area contributed by atoms with Gasteiger partial charge in [-0.2, -0.15) is 16.6 Å². The van der Waals surface area contributed by atoms with Gasteiger partial charge in [-0.25, -0.2) is 4.39 Å². The molecule has 1 aromatic carbocycles. The molecule has 2 N–H and O–H groups in total. The lowest BCUT2D eigenvalue weighted by Crippen LogP contribution is -2.25. The molecule has 2 heterocycles. The molecular formula is C25H25FN4O4S. The van der Waals surface area contributed by atoms with Crippen LogP contribution in [0.4, 0.5) is 10.2 Å². The third kappa shape index (κ3) is 6.77. The number of nitrogens with one attached hydrogen (secondary N) is 2. The molecule has 0 bridgehead atoms. The van der Waals surface area contributed by atoms with Crippen LogP contribution in [0.2, 0.25) is 0 Å². The Morgan fingerprint density at radius 2 is 1.91 bits per heavy atom. The van der Waals surface area contributed by atoms with E-state index in [1.165, 1.54) is 23.5 Å². The number of carbonyl (C=O) groups excluding carboxylic acids is 3. The van der Waals surface area contributed by atoms with Crippen molar-refractivity contribution in [1.29, 1.82) is 5.26 Å². The van der Waals surface area contributed by atoms with Crippen molar-refractivity contribution in [1.82, 2.24) is 9.88 Å². The fourth-order valence-electron chi connectivity index (χ4n) is 3.42. The average Bonchev–Trinajstić information content (AvgIpc) is 3.46. The summed E-state index contributed by atoms with van der Waals surface area (Å²) in [7, 11) is 0. The van der Waals surface area contributed by atoms with Crippen LogP contribution >= 0.6 is 11.3 Å². The van der Waals surface area contributed by atoms with E-state index in [0.717, 1.165) is 11.3 Å². The number of nitrogens with zero attached hydrogens (tertiary/aromatic N) is 2. The largest absolute Gasteiger partial charge is 0.456 e. The molecule has 0 saturated carbocycles. The monoisotopic (exact) mass is 496 g/mol. The molecule has 0 unspecified atom stereocenters. The van der Waals surface area contributed by atoms with Crippen molar-refractivity contribution in [2.45, 2.75) is 33.2 Å². The van der Waals surface area contributed by atoms with Crippen LogP contribution < -0.4 is 10.6 Å². The molecule has 35 heavy (non-hydrogen) atoms. The van der Waals surface area contributed by atoms with Crippen LogP contribution in [-0.2, 0) is 20.9 Å². The van der Waals surface area contributed by atoms with Crippen LogP contribution in [0.15, 0.2) is 41.1 Å². The van der Waals surface area contributed by atoms with Crippen LogP contribution in [0.3, 0.4) is 0 Å². The smallest absolute Gasteiger partial charge is 0.306 e. The molecular weight excluding hydrogens is 471 g/mol. The minimum Gasteiger partial charge on any atom is -0.456 e. The number of carbonyl (C=O) groups is 3. The Labute approximate surface area is 206 Å². The van der Waals surface area contributed by atoms with Gasteiger partial charge in [0.25, 0.3) is 11.8 Å². The van der Waals surface area contributed by atoms with Crippen LogP contribution in [0.5, 0.6) is 0 Å². The third-order valence-electron chi connectivity index (χ3n) is 5.44. The van der Waals surface area contributed by atoms with Crippen molar-refractivity contribution in [2.24, 2.45) is 0 Å². The maximum Gasteiger partial charge on any atom is 0.306 e. The molecule has 0 spiro atoms. The van der Waals surface area contributed by atoms with Crippen molar-refractivity contribution >= 4 is 34.9 Å². The first-order valence-corrected chi connectivity index (χ1v) is 11.8. The van der Waals surface area contributed by atoms with Crippen LogP contribution in [-0.4, -0.2) is 35.5 Å². The highest BCUT2D eigenvalue weighted by molar-refractivity contribution is 7.08. The summed E-state index contributed by atoms with van der Waals surface area (Å²) in [6.45, 7) is 3.72. The molecule has 10 heteroatoms. The standard InChI is InChI=1S/C25H25FN4O4S/c1-16-17(2)30(13-18-5-7-20(26)8-6-18)24(21(16)12-27)29-22(31)14-34-23(32)4-3-10-28-25(33)19-9-11-35-15-19/h5-9,11,15H,3-4,10,13-14H2,1-2H3,(H,28,33)(H,29,31). The van der Waals surface area contributed by atoms with Crippen LogP contribution in [0, 0.1) is 31.0 Å². The van der Waals surface area contributed by atoms with E-state index in [2.05, 4.69) is 16.7 Å². The molecule has 2 aromatic heterocycles. The molecule has 182 valence electrons. The lowest BCUT2D eigenvalue weighted by Gasteiger charge is -2.13. The number of halogens is 1. The summed E-state index contributed by atoms with van der Waals surface area (Å²) >= 11 is 1.42. The molecule has 0 atom stereocenters. The summed E-state index contributed by atoms with van der Waals surface area (Å²) < 4.78 is 20.1. The Kier molecular flexibility index (Phi) is 8.75. The number of rotatable bonds is 10. The Bertz CT molecular complexity index is 1240. The molecule has 0 aliphatic rings. The molecule has 0 radical (unpaired) electrons. The minimum absolute atomic E-state index is 0.0415. The molecule has 0 fully saturated rings. The van der Waals surface area contributed by atoms with Gasteiger partial charge in [-0.05, 0) is 55.0 Å². The van der Waals surface area contributed by atoms with E-state index in [1.807, 2.05) is 6.92 Å². The number of amides is 2. The fraction of sp³-hybridized carbons (Fsp3) is 0.280. The highest BCUT2D eigenvalue weighted by Crippen LogP contribution is 2.27. The maximum atomic E-state index is 13.3. The second-order valence-corrected chi connectivity index (χ2v) is 8.62. The van der Waals surface area contributed by atoms with E-state index in [0.29, 0.717) is 42.0 Å². The van der Waals surface area contributed by atoms with Crippen molar-refractivity contribution in [2.75, 3.05) is 18.5 Å². The second-order valence-electron chi connectivity index (χ2n) is 7.84. The van der Waals surface area contributed by atoms with Crippen LogP contribution in [0.1, 0.15) is 45.6 Å². The zero-order chi connectivity index (χ0) is 25.4. The normalized spacial score (nSPS) is 10.5. The van der Waals surface area contributed by atoms with Gasteiger partial charge >= 0.3 is 5.97 Å². The van der Waals surface area contributed by atoms with Crippen molar-refractivity contribution in [3.05, 3.63) is 74.9 Å². The van der Waals surface area contributed by atoms with E-state index < -0.39 is 18.5 Å². The summed E-state index contributed by atoms with van der Waals surface area (Å²) in [6, 6.07) is 9.77. The Morgan fingerprint density at radius 1 is 1.17 bits per heavy atom. The lowest BCUT2D eigenvalue weighted by molar-refractivity contribution is -0.147. The summed E-state index contributed by atoms with van der Waals surface area (Å²) in [4.78, 5) is 36.3. The van der Waals surface area contributed by atoms with E-state index in [9.17, 15) is 24.0 Å². The molecule has 0 aliphatic carbocycles. The molecule has 0 aliphatic heterocycles. The van der Waals surface area contributed by atoms with Gasteiger partial charge in [-0.15, -0.1) is 0 Å². The van der Waals surface area contributed by atoms with Gasteiger partial charge in [0.15, 0.2) is 6.61 Å². The molecule has 3 rings (SSSR count). The summed E-state index contributed by atoms with van der Waals surface area (Å²) in [5.74, 6) is -1.42. The first kappa shape index (κ1) is 25.6. The van der Waals surface area contributed by atoms with Gasteiger partial charge in [0.1, 0.15) is 17.7 Å². The first-order chi connectivity index (χ1) is 16.8. The molecule has 3 aromatic rings. The van der Waals surface area contributed by atoms with Gasteiger partial charge in [-0.3, -0.25) is 14.4 Å². The van der Waals surface area contributed by atoms with Crippen molar-refractivity contribution in [3.8, 4) is 6.07 Å². The van der Waals surface area contributed by atoms with E-state index >= 15 is 0 Å². The topological polar surface area (TPSA) is 113 Å². The Hall–Kier alpha value is -3.97.